The van der Waals surface area contributed by atoms with Crippen LogP contribution in [0.1, 0.15) is 10.4 Å². The molecule has 4 nitrogen and oxygen atoms in total. The Hall–Kier alpha value is -1.66. The molecule has 2 aromatic rings. The van der Waals surface area contributed by atoms with Crippen molar-refractivity contribution in [3.63, 3.8) is 0 Å². The van der Waals surface area contributed by atoms with Crippen LogP contribution >= 0.6 is 27.5 Å². The number of ether oxygens (including phenoxy) is 1. The largest absolute Gasteiger partial charge is 0.495 e. The third-order valence-corrected chi connectivity index (χ3v) is 3.25. The van der Waals surface area contributed by atoms with Gasteiger partial charge in [-0.15, -0.1) is 0 Å². The summed E-state index contributed by atoms with van der Waals surface area (Å²) in [6.07, 6.45) is 0.943. The Labute approximate surface area is 128 Å². The predicted molar refractivity (Wildman–Crippen MR) is 77.9 cm³/mol. The topological polar surface area (TPSA) is 51.2 Å². The molecule has 0 spiro atoms. The number of halogens is 3. The number of hydrogen-bond donors (Lipinski definition) is 1. The molecule has 0 saturated carbocycles. The molecule has 0 radical (unpaired) electrons. The second kappa shape index (κ2) is 6.19. The highest BCUT2D eigenvalue weighted by atomic mass is 79.9. The van der Waals surface area contributed by atoms with Crippen molar-refractivity contribution in [3.05, 3.63) is 51.5 Å². The molecule has 0 unspecified atom stereocenters. The fourth-order valence-corrected chi connectivity index (χ4v) is 2.10. The first-order valence-corrected chi connectivity index (χ1v) is 6.64. The van der Waals surface area contributed by atoms with E-state index in [0.717, 1.165) is 16.7 Å². The van der Waals surface area contributed by atoms with Gasteiger partial charge in [0.1, 0.15) is 16.7 Å². The minimum atomic E-state index is -0.638. The molecule has 0 aliphatic rings. The summed E-state index contributed by atoms with van der Waals surface area (Å²) in [5.74, 6) is -0.735. The van der Waals surface area contributed by atoms with Crippen molar-refractivity contribution in [1.29, 1.82) is 0 Å². The number of benzene rings is 1. The summed E-state index contributed by atoms with van der Waals surface area (Å²) in [6, 6.07) is 6.14. The molecule has 1 N–H and O–H groups in total. The lowest BCUT2D eigenvalue weighted by Gasteiger charge is -2.11. The van der Waals surface area contributed by atoms with E-state index in [1.807, 2.05) is 0 Å². The Morgan fingerprint density at radius 2 is 2.20 bits per heavy atom. The molecule has 0 aliphatic heterocycles. The summed E-state index contributed by atoms with van der Waals surface area (Å²) in [6.45, 7) is 0. The first kappa shape index (κ1) is 14.7. The van der Waals surface area contributed by atoms with Crippen molar-refractivity contribution < 1.29 is 13.9 Å². The molecule has 104 valence electrons. The number of nitrogens with one attached hydrogen (secondary N) is 1. The Morgan fingerprint density at radius 1 is 1.45 bits per heavy atom. The molecule has 0 aliphatic carbocycles. The highest BCUT2D eigenvalue weighted by molar-refractivity contribution is 9.10. The minimum Gasteiger partial charge on any atom is -0.495 e. The molecule has 7 heteroatoms. The molecule has 0 fully saturated rings. The first-order chi connectivity index (χ1) is 9.51. The van der Waals surface area contributed by atoms with Gasteiger partial charge in [0.25, 0.3) is 5.91 Å². The van der Waals surface area contributed by atoms with Crippen molar-refractivity contribution in [2.45, 2.75) is 0 Å². The van der Waals surface area contributed by atoms with Crippen LogP contribution in [0.5, 0.6) is 5.75 Å². The van der Waals surface area contributed by atoms with Gasteiger partial charge in [0.05, 0.1) is 24.6 Å². The van der Waals surface area contributed by atoms with E-state index in [4.69, 9.17) is 16.3 Å². The van der Waals surface area contributed by atoms with Crippen molar-refractivity contribution in [2.24, 2.45) is 0 Å². The number of amides is 1. The van der Waals surface area contributed by atoms with Crippen LogP contribution in [0.2, 0.25) is 5.15 Å². The SMILES string of the molecule is COc1ccc(Br)cc1NC(=O)c1cc(F)cnc1Cl. The number of anilines is 1. The van der Waals surface area contributed by atoms with Gasteiger partial charge in [0.15, 0.2) is 0 Å². The number of rotatable bonds is 3. The minimum absolute atomic E-state index is 0.0475. The molecule has 2 rings (SSSR count). The van der Waals surface area contributed by atoms with Crippen LogP contribution in [0.4, 0.5) is 10.1 Å². The van der Waals surface area contributed by atoms with E-state index in [1.54, 1.807) is 18.2 Å². The van der Waals surface area contributed by atoms with E-state index < -0.39 is 11.7 Å². The third-order valence-electron chi connectivity index (χ3n) is 2.46. The Kier molecular flexibility index (Phi) is 4.57. The number of carbonyl (C=O) groups is 1. The van der Waals surface area contributed by atoms with Gasteiger partial charge in [-0.05, 0) is 24.3 Å². The lowest BCUT2D eigenvalue weighted by atomic mass is 10.2. The monoisotopic (exact) mass is 358 g/mol. The Bertz CT molecular complexity index is 667. The zero-order valence-corrected chi connectivity index (χ0v) is 12.6. The number of pyridine rings is 1. The standard InChI is InChI=1S/C13H9BrClFN2O2/c1-20-11-3-2-7(14)4-10(11)18-13(19)9-5-8(16)6-17-12(9)15/h2-6H,1H3,(H,18,19). The molecule has 1 heterocycles. The number of carbonyl (C=O) groups excluding carboxylic acids is 1. The van der Waals surface area contributed by atoms with E-state index in [-0.39, 0.29) is 10.7 Å². The summed E-state index contributed by atoms with van der Waals surface area (Å²) in [5, 5.41) is 2.53. The number of nitrogens with zero attached hydrogens (tertiary/aromatic N) is 1. The average Bonchev–Trinajstić information content (AvgIpc) is 2.41. The van der Waals surface area contributed by atoms with Crippen molar-refractivity contribution >= 4 is 39.1 Å². The quantitative estimate of drug-likeness (QED) is 0.846. The van der Waals surface area contributed by atoms with Gasteiger partial charge in [0.2, 0.25) is 0 Å². The third kappa shape index (κ3) is 3.26. The second-order valence-corrected chi connectivity index (χ2v) is 5.06. The second-order valence-electron chi connectivity index (χ2n) is 3.79. The molecular formula is C13H9BrClFN2O2. The van der Waals surface area contributed by atoms with E-state index in [2.05, 4.69) is 26.2 Å². The van der Waals surface area contributed by atoms with Crippen molar-refractivity contribution in [2.75, 3.05) is 12.4 Å². The van der Waals surface area contributed by atoms with E-state index in [1.165, 1.54) is 7.11 Å². The molecule has 0 saturated heterocycles. The van der Waals surface area contributed by atoms with E-state index >= 15 is 0 Å². The lowest BCUT2D eigenvalue weighted by Crippen LogP contribution is -2.14. The molecule has 1 aromatic heterocycles. The smallest absolute Gasteiger partial charge is 0.259 e. The molecule has 0 bridgehead atoms. The Balaban J connectivity index is 2.32. The van der Waals surface area contributed by atoms with Gasteiger partial charge < -0.3 is 10.1 Å². The highest BCUT2D eigenvalue weighted by Crippen LogP contribution is 2.28. The molecule has 1 aromatic carbocycles. The van der Waals surface area contributed by atoms with E-state index in [0.29, 0.717) is 11.4 Å². The maximum absolute atomic E-state index is 13.1. The predicted octanol–water partition coefficient (Wildman–Crippen LogP) is 3.90. The number of aromatic nitrogens is 1. The molecule has 20 heavy (non-hydrogen) atoms. The van der Waals surface area contributed by atoms with Gasteiger partial charge in [0, 0.05) is 4.47 Å². The molecule has 1 amide bonds. The van der Waals surface area contributed by atoms with Crippen LogP contribution in [0.25, 0.3) is 0 Å². The van der Waals surface area contributed by atoms with Crippen molar-refractivity contribution in [3.8, 4) is 5.75 Å². The van der Waals surface area contributed by atoms with Crippen molar-refractivity contribution in [1.82, 2.24) is 4.98 Å². The maximum atomic E-state index is 13.1. The zero-order chi connectivity index (χ0) is 14.7. The first-order valence-electron chi connectivity index (χ1n) is 5.47. The van der Waals surface area contributed by atoms with E-state index in [9.17, 15) is 9.18 Å². The van der Waals surface area contributed by atoms with Gasteiger partial charge >= 0.3 is 0 Å². The fraction of sp³-hybridized carbons (Fsp3) is 0.0769. The maximum Gasteiger partial charge on any atom is 0.259 e. The molecule has 0 atom stereocenters. The van der Waals surface area contributed by atoms with Crippen LogP contribution in [0.3, 0.4) is 0 Å². The highest BCUT2D eigenvalue weighted by Gasteiger charge is 2.15. The fourth-order valence-electron chi connectivity index (χ4n) is 1.55. The van der Waals surface area contributed by atoms with Crippen LogP contribution < -0.4 is 10.1 Å². The summed E-state index contributed by atoms with van der Waals surface area (Å²) in [4.78, 5) is 15.7. The van der Waals surface area contributed by atoms with Gasteiger partial charge in [-0.25, -0.2) is 9.37 Å². The zero-order valence-electron chi connectivity index (χ0n) is 10.3. The molecular weight excluding hydrogens is 351 g/mol. The Morgan fingerprint density at radius 3 is 2.90 bits per heavy atom. The summed E-state index contributed by atoms with van der Waals surface area (Å²) >= 11 is 9.08. The van der Waals surface area contributed by atoms with Gasteiger partial charge in [-0.1, -0.05) is 27.5 Å². The van der Waals surface area contributed by atoms with Crippen LogP contribution in [-0.2, 0) is 0 Å². The van der Waals surface area contributed by atoms with Crippen LogP contribution in [0.15, 0.2) is 34.9 Å². The average molecular weight is 360 g/mol. The number of methoxy groups -OCH3 is 1. The lowest BCUT2D eigenvalue weighted by molar-refractivity contribution is 0.102. The van der Waals surface area contributed by atoms with Crippen LogP contribution in [-0.4, -0.2) is 18.0 Å². The summed E-state index contributed by atoms with van der Waals surface area (Å²) in [7, 11) is 1.48. The number of hydrogen-bond acceptors (Lipinski definition) is 3. The van der Waals surface area contributed by atoms with Gasteiger partial charge in [-0.3, -0.25) is 4.79 Å². The normalized spacial score (nSPS) is 10.2. The van der Waals surface area contributed by atoms with Gasteiger partial charge in [-0.2, -0.15) is 0 Å². The summed E-state index contributed by atoms with van der Waals surface area (Å²) in [5.41, 5.74) is 0.390. The summed E-state index contributed by atoms with van der Waals surface area (Å²) < 4.78 is 19.0. The van der Waals surface area contributed by atoms with Crippen LogP contribution in [0, 0.1) is 5.82 Å².